The van der Waals surface area contributed by atoms with Gasteiger partial charge in [0.25, 0.3) is 6.47 Å². The monoisotopic (exact) mass is 165 g/mol. The fraction of sp³-hybridized carbons (Fsp3) is 0.333. The van der Waals surface area contributed by atoms with Crippen LogP contribution >= 0.6 is 0 Å². The van der Waals surface area contributed by atoms with E-state index >= 15 is 0 Å². The van der Waals surface area contributed by atoms with Gasteiger partial charge in [0.2, 0.25) is 0 Å². The number of hydrogen-bond donors (Lipinski definition) is 0. The van der Waals surface area contributed by atoms with E-state index in [1.54, 1.807) is 20.0 Å². The molecule has 0 aliphatic rings. The van der Waals surface area contributed by atoms with E-state index < -0.39 is 5.60 Å². The summed E-state index contributed by atoms with van der Waals surface area (Å²) in [5.74, 6) is 0. The normalized spacial score (nSPS) is 10.8. The Morgan fingerprint density at radius 2 is 2.25 bits per heavy atom. The molecule has 0 fully saturated rings. The van der Waals surface area contributed by atoms with Crippen molar-refractivity contribution in [3.8, 4) is 0 Å². The van der Waals surface area contributed by atoms with Crippen LogP contribution in [0.25, 0.3) is 0 Å². The van der Waals surface area contributed by atoms with Crippen LogP contribution in [-0.4, -0.2) is 11.5 Å². The van der Waals surface area contributed by atoms with Gasteiger partial charge in [-0.05, 0) is 26.0 Å². The fourth-order valence-electron chi connectivity index (χ4n) is 0.900. The van der Waals surface area contributed by atoms with Crippen LogP contribution in [0.4, 0.5) is 0 Å². The highest BCUT2D eigenvalue weighted by molar-refractivity contribution is 5.39. The van der Waals surface area contributed by atoms with E-state index in [9.17, 15) is 4.79 Å². The third-order valence-corrected chi connectivity index (χ3v) is 1.62. The Hall–Kier alpha value is -1.38. The van der Waals surface area contributed by atoms with E-state index in [-0.39, 0.29) is 0 Å². The Labute approximate surface area is 71.4 Å². The maximum absolute atomic E-state index is 10.1. The Balaban J connectivity index is 2.89. The summed E-state index contributed by atoms with van der Waals surface area (Å²) in [5, 5.41) is 0. The highest BCUT2D eigenvalue weighted by Crippen LogP contribution is 2.20. The van der Waals surface area contributed by atoms with Gasteiger partial charge in [0.1, 0.15) is 5.60 Å². The topological polar surface area (TPSA) is 39.2 Å². The zero-order valence-electron chi connectivity index (χ0n) is 7.15. The molecule has 0 aromatic carbocycles. The molecule has 0 atom stereocenters. The van der Waals surface area contributed by atoms with Crippen molar-refractivity contribution in [1.82, 2.24) is 4.98 Å². The van der Waals surface area contributed by atoms with Crippen molar-refractivity contribution >= 4 is 6.47 Å². The second-order valence-electron chi connectivity index (χ2n) is 2.94. The first-order chi connectivity index (χ1) is 5.67. The molecule has 1 aromatic heterocycles. The van der Waals surface area contributed by atoms with E-state index in [1.165, 1.54) is 0 Å². The van der Waals surface area contributed by atoms with E-state index in [0.29, 0.717) is 6.47 Å². The zero-order valence-corrected chi connectivity index (χ0v) is 7.15. The standard InChI is InChI=1S/C9H11NO2/c1-9(2,12-7-11)8-5-3-4-6-10-8/h3-7H,1-2H3. The van der Waals surface area contributed by atoms with Crippen molar-refractivity contribution in [2.45, 2.75) is 19.4 Å². The van der Waals surface area contributed by atoms with Crippen LogP contribution in [0.1, 0.15) is 19.5 Å². The summed E-state index contributed by atoms with van der Waals surface area (Å²) in [6, 6.07) is 5.50. The van der Waals surface area contributed by atoms with Crippen LogP contribution in [0.2, 0.25) is 0 Å². The first-order valence-corrected chi connectivity index (χ1v) is 3.70. The fourth-order valence-corrected chi connectivity index (χ4v) is 0.900. The lowest BCUT2D eigenvalue weighted by Gasteiger charge is -2.21. The van der Waals surface area contributed by atoms with Gasteiger partial charge in [-0.1, -0.05) is 6.07 Å². The molecule has 0 N–H and O–H groups in total. The number of carbonyl (C=O) groups excluding carboxylic acids is 1. The summed E-state index contributed by atoms with van der Waals surface area (Å²) in [5.41, 5.74) is 0.111. The molecule has 0 aliphatic carbocycles. The van der Waals surface area contributed by atoms with E-state index in [1.807, 2.05) is 18.2 Å². The molecule has 3 heteroatoms. The molecule has 64 valence electrons. The van der Waals surface area contributed by atoms with Gasteiger partial charge in [-0.25, -0.2) is 0 Å². The summed E-state index contributed by atoms with van der Waals surface area (Å²) in [7, 11) is 0. The molecule has 0 aliphatic heterocycles. The van der Waals surface area contributed by atoms with Crippen LogP contribution < -0.4 is 0 Å². The Kier molecular flexibility index (Phi) is 2.43. The summed E-state index contributed by atoms with van der Waals surface area (Å²) < 4.78 is 4.87. The SMILES string of the molecule is CC(C)(OC=O)c1ccccn1. The van der Waals surface area contributed by atoms with E-state index in [0.717, 1.165) is 5.69 Å². The number of aromatic nitrogens is 1. The van der Waals surface area contributed by atoms with Gasteiger partial charge in [0.15, 0.2) is 0 Å². The predicted molar refractivity (Wildman–Crippen MR) is 44.4 cm³/mol. The van der Waals surface area contributed by atoms with Gasteiger partial charge in [-0.3, -0.25) is 9.78 Å². The molecule has 1 heterocycles. The second kappa shape index (κ2) is 3.34. The average molecular weight is 165 g/mol. The average Bonchev–Trinajstić information content (AvgIpc) is 2.06. The molecule has 0 bridgehead atoms. The number of pyridine rings is 1. The minimum Gasteiger partial charge on any atom is -0.455 e. The molecule has 0 unspecified atom stereocenters. The third-order valence-electron chi connectivity index (χ3n) is 1.62. The third kappa shape index (κ3) is 1.81. The number of ether oxygens (including phenoxy) is 1. The number of carbonyl (C=O) groups is 1. The van der Waals surface area contributed by atoms with Crippen molar-refractivity contribution in [1.29, 1.82) is 0 Å². The summed E-state index contributed by atoms with van der Waals surface area (Å²) >= 11 is 0. The van der Waals surface area contributed by atoms with Crippen LogP contribution in [0.3, 0.4) is 0 Å². The van der Waals surface area contributed by atoms with Crippen LogP contribution in [0, 0.1) is 0 Å². The smallest absolute Gasteiger partial charge is 0.294 e. The quantitative estimate of drug-likeness (QED) is 0.637. The number of hydrogen-bond acceptors (Lipinski definition) is 3. The Morgan fingerprint density at radius 1 is 1.50 bits per heavy atom. The number of rotatable bonds is 3. The predicted octanol–water partition coefficient (Wildman–Crippen LogP) is 1.49. The van der Waals surface area contributed by atoms with Gasteiger partial charge in [-0.15, -0.1) is 0 Å². The lowest BCUT2D eigenvalue weighted by Crippen LogP contribution is -2.22. The first kappa shape index (κ1) is 8.71. The lowest BCUT2D eigenvalue weighted by atomic mass is 10.0. The highest BCUT2D eigenvalue weighted by atomic mass is 16.5. The molecule has 1 rings (SSSR count). The molecular formula is C9H11NO2. The molecule has 12 heavy (non-hydrogen) atoms. The lowest BCUT2D eigenvalue weighted by molar-refractivity contribution is -0.141. The largest absolute Gasteiger partial charge is 0.455 e. The Bertz CT molecular complexity index is 256. The van der Waals surface area contributed by atoms with Crippen molar-refractivity contribution < 1.29 is 9.53 Å². The maximum atomic E-state index is 10.1. The van der Waals surface area contributed by atoms with Gasteiger partial charge >= 0.3 is 0 Å². The zero-order chi connectivity index (χ0) is 9.03. The summed E-state index contributed by atoms with van der Waals surface area (Å²) in [6.07, 6.45) is 1.67. The molecule has 0 spiro atoms. The maximum Gasteiger partial charge on any atom is 0.294 e. The molecule has 0 amide bonds. The van der Waals surface area contributed by atoms with Crippen LogP contribution in [-0.2, 0) is 15.1 Å². The van der Waals surface area contributed by atoms with E-state index in [2.05, 4.69) is 4.98 Å². The van der Waals surface area contributed by atoms with Gasteiger partial charge < -0.3 is 4.74 Å². The summed E-state index contributed by atoms with van der Waals surface area (Å²) in [4.78, 5) is 14.2. The van der Waals surface area contributed by atoms with Crippen molar-refractivity contribution in [3.05, 3.63) is 30.1 Å². The van der Waals surface area contributed by atoms with Crippen molar-refractivity contribution in [2.75, 3.05) is 0 Å². The highest BCUT2D eigenvalue weighted by Gasteiger charge is 2.22. The van der Waals surface area contributed by atoms with Crippen LogP contribution in [0.15, 0.2) is 24.4 Å². The molecule has 0 saturated heterocycles. The van der Waals surface area contributed by atoms with Gasteiger partial charge in [0, 0.05) is 6.20 Å². The summed E-state index contributed by atoms with van der Waals surface area (Å²) in [6.45, 7) is 4.03. The minimum absolute atomic E-state index is 0.439. The molecule has 0 saturated carbocycles. The minimum atomic E-state index is -0.636. The first-order valence-electron chi connectivity index (χ1n) is 3.70. The van der Waals surface area contributed by atoms with Crippen molar-refractivity contribution in [3.63, 3.8) is 0 Å². The van der Waals surface area contributed by atoms with E-state index in [4.69, 9.17) is 4.74 Å². The second-order valence-corrected chi connectivity index (χ2v) is 2.94. The Morgan fingerprint density at radius 3 is 2.75 bits per heavy atom. The molecule has 3 nitrogen and oxygen atoms in total. The van der Waals surface area contributed by atoms with Gasteiger partial charge in [-0.2, -0.15) is 0 Å². The van der Waals surface area contributed by atoms with Crippen LogP contribution in [0.5, 0.6) is 0 Å². The molecule has 0 radical (unpaired) electrons. The van der Waals surface area contributed by atoms with Gasteiger partial charge in [0.05, 0.1) is 5.69 Å². The molecular weight excluding hydrogens is 154 g/mol. The van der Waals surface area contributed by atoms with Crippen molar-refractivity contribution in [2.24, 2.45) is 0 Å². The molecule has 1 aromatic rings. The number of nitrogens with zero attached hydrogens (tertiary/aromatic N) is 1.